The minimum Gasteiger partial charge on any atom is -0.360 e. The summed E-state index contributed by atoms with van der Waals surface area (Å²) in [5, 5.41) is 4.57. The summed E-state index contributed by atoms with van der Waals surface area (Å²) in [6, 6.07) is 16.4. The van der Waals surface area contributed by atoms with Gasteiger partial charge in [-0.3, -0.25) is 0 Å². The lowest BCUT2D eigenvalue weighted by atomic mass is 10.1. The van der Waals surface area contributed by atoms with E-state index in [1.165, 1.54) is 5.56 Å². The molecule has 1 aromatic heterocycles. The van der Waals surface area contributed by atoms with Crippen LogP contribution >= 0.6 is 0 Å². The van der Waals surface area contributed by atoms with Crippen LogP contribution in [0, 0.1) is 0 Å². The molecule has 2 aromatic carbocycles. The zero-order valence-corrected chi connectivity index (χ0v) is 15.0. The topological polar surface area (TPSA) is 44.9 Å². The third kappa shape index (κ3) is 3.77. The molecule has 0 bridgehead atoms. The summed E-state index contributed by atoms with van der Waals surface area (Å²) >= 11 is 0. The largest absolute Gasteiger partial charge is 0.360 e. The number of benzene rings is 2. The maximum Gasteiger partial charge on any atom is 0.0871 e. The van der Waals surface area contributed by atoms with E-state index < -0.39 is 10.8 Å². The molecule has 0 saturated heterocycles. The molecule has 0 radical (unpaired) electrons. The molecular weight excluding hydrogens is 316 g/mol. The molecule has 0 saturated carbocycles. The first kappa shape index (κ1) is 16.9. The van der Waals surface area contributed by atoms with Gasteiger partial charge in [0, 0.05) is 28.0 Å². The van der Waals surface area contributed by atoms with Crippen LogP contribution in [-0.4, -0.2) is 21.8 Å². The van der Waals surface area contributed by atoms with Crippen LogP contribution in [0.15, 0.2) is 64.5 Å². The van der Waals surface area contributed by atoms with Gasteiger partial charge in [-0.25, -0.2) is 4.21 Å². The number of hydrogen-bond donors (Lipinski definition) is 2. The number of nitrogens with one attached hydrogen (secondary N) is 2. The summed E-state index contributed by atoms with van der Waals surface area (Å²) in [7, 11) is -1.16. The molecule has 0 fully saturated rings. The van der Waals surface area contributed by atoms with Gasteiger partial charge in [0.1, 0.15) is 0 Å². The van der Waals surface area contributed by atoms with Gasteiger partial charge in [0.2, 0.25) is 0 Å². The fraction of sp³-hybridized carbons (Fsp3) is 0.300. The molecule has 0 aliphatic heterocycles. The van der Waals surface area contributed by atoms with Crippen LogP contribution in [0.3, 0.4) is 0 Å². The Morgan fingerprint density at radius 3 is 2.62 bits per heavy atom. The van der Waals surface area contributed by atoms with E-state index in [-0.39, 0.29) is 0 Å². The van der Waals surface area contributed by atoms with Crippen molar-refractivity contribution in [1.29, 1.82) is 0 Å². The summed E-state index contributed by atoms with van der Waals surface area (Å²) in [5.74, 6) is 0. The van der Waals surface area contributed by atoms with Crippen molar-refractivity contribution in [3.63, 3.8) is 0 Å². The number of rotatable bonds is 7. The Morgan fingerprint density at radius 1 is 1.08 bits per heavy atom. The second kappa shape index (κ2) is 7.77. The van der Waals surface area contributed by atoms with Crippen molar-refractivity contribution < 1.29 is 4.21 Å². The number of aromatic amines is 1. The summed E-state index contributed by atoms with van der Waals surface area (Å²) in [5.41, 5.74) is 2.32. The second-order valence-corrected chi connectivity index (χ2v) is 7.74. The third-order valence-electron chi connectivity index (χ3n) is 4.09. The molecule has 0 aliphatic rings. The van der Waals surface area contributed by atoms with Crippen molar-refractivity contribution in [3.8, 4) is 0 Å². The van der Waals surface area contributed by atoms with Crippen LogP contribution < -0.4 is 5.32 Å². The number of H-pyrrole nitrogens is 1. The maximum atomic E-state index is 13.0. The van der Waals surface area contributed by atoms with Gasteiger partial charge in [0.05, 0.1) is 15.7 Å². The van der Waals surface area contributed by atoms with Crippen LogP contribution in [0.25, 0.3) is 10.9 Å². The molecular formula is C20H24N2OS. The van der Waals surface area contributed by atoms with E-state index in [9.17, 15) is 4.21 Å². The molecule has 24 heavy (non-hydrogen) atoms. The molecule has 3 aromatic rings. The van der Waals surface area contributed by atoms with E-state index in [0.717, 1.165) is 40.1 Å². The van der Waals surface area contributed by atoms with Crippen LogP contribution in [0.4, 0.5) is 0 Å². The lowest BCUT2D eigenvalue weighted by Crippen LogP contribution is -2.23. The standard InChI is InChI=1S/C20H24N2OS/c1-15(2)21-13-7-9-16-8-6-12-18-20(16)19(14-22-18)24(23)17-10-4-3-5-11-17/h3-6,8,10-12,14-15,21-22H,7,9,13H2,1-2H3. The van der Waals surface area contributed by atoms with Crippen molar-refractivity contribution in [2.24, 2.45) is 0 Å². The molecule has 4 heteroatoms. The molecule has 3 rings (SSSR count). The number of aryl methyl sites for hydroxylation is 1. The lowest BCUT2D eigenvalue weighted by Gasteiger charge is -2.09. The van der Waals surface area contributed by atoms with Gasteiger partial charge >= 0.3 is 0 Å². The Bertz CT molecular complexity index is 824. The average Bonchev–Trinajstić information content (AvgIpc) is 3.03. The zero-order chi connectivity index (χ0) is 16.9. The first-order chi connectivity index (χ1) is 11.7. The highest BCUT2D eigenvalue weighted by Gasteiger charge is 2.15. The van der Waals surface area contributed by atoms with Gasteiger partial charge < -0.3 is 10.3 Å². The number of fused-ring (bicyclic) bond motifs is 1. The lowest BCUT2D eigenvalue weighted by molar-refractivity contribution is 0.571. The van der Waals surface area contributed by atoms with E-state index >= 15 is 0 Å². The van der Waals surface area contributed by atoms with E-state index in [2.05, 4.69) is 42.3 Å². The molecule has 3 nitrogen and oxygen atoms in total. The van der Waals surface area contributed by atoms with Gasteiger partial charge in [-0.15, -0.1) is 0 Å². The van der Waals surface area contributed by atoms with Gasteiger partial charge in [-0.05, 0) is 43.1 Å². The summed E-state index contributed by atoms with van der Waals surface area (Å²) in [6.07, 6.45) is 3.94. The Labute approximate surface area is 145 Å². The fourth-order valence-electron chi connectivity index (χ4n) is 2.92. The highest BCUT2D eigenvalue weighted by Crippen LogP contribution is 2.29. The Kier molecular flexibility index (Phi) is 5.48. The zero-order valence-electron chi connectivity index (χ0n) is 14.2. The predicted molar refractivity (Wildman–Crippen MR) is 101 cm³/mol. The van der Waals surface area contributed by atoms with Crippen molar-refractivity contribution in [1.82, 2.24) is 10.3 Å². The van der Waals surface area contributed by atoms with Crippen molar-refractivity contribution in [3.05, 3.63) is 60.3 Å². The summed E-state index contributed by atoms with van der Waals surface area (Å²) < 4.78 is 13.0. The molecule has 1 unspecified atom stereocenters. The van der Waals surface area contributed by atoms with Crippen LogP contribution in [0.1, 0.15) is 25.8 Å². The van der Waals surface area contributed by atoms with Crippen molar-refractivity contribution >= 4 is 21.7 Å². The molecule has 0 aliphatic carbocycles. The SMILES string of the molecule is CC(C)NCCCc1cccc2[nH]cc(S(=O)c3ccccc3)c12. The van der Waals surface area contributed by atoms with E-state index in [0.29, 0.717) is 6.04 Å². The van der Waals surface area contributed by atoms with Gasteiger partial charge in [-0.2, -0.15) is 0 Å². The van der Waals surface area contributed by atoms with E-state index in [1.54, 1.807) is 0 Å². The molecule has 0 spiro atoms. The molecule has 2 N–H and O–H groups in total. The van der Waals surface area contributed by atoms with Crippen molar-refractivity contribution in [2.45, 2.75) is 42.5 Å². The highest BCUT2D eigenvalue weighted by atomic mass is 32.2. The smallest absolute Gasteiger partial charge is 0.0871 e. The molecule has 1 heterocycles. The van der Waals surface area contributed by atoms with E-state index in [1.807, 2.05) is 36.5 Å². The normalized spacial score (nSPS) is 12.8. The first-order valence-electron chi connectivity index (χ1n) is 8.46. The van der Waals surface area contributed by atoms with Crippen molar-refractivity contribution in [2.75, 3.05) is 6.54 Å². The number of hydrogen-bond acceptors (Lipinski definition) is 2. The van der Waals surface area contributed by atoms with Gasteiger partial charge in [0.15, 0.2) is 0 Å². The van der Waals surface area contributed by atoms with Crippen LogP contribution in [0.5, 0.6) is 0 Å². The molecule has 1 atom stereocenters. The number of aromatic nitrogens is 1. The quantitative estimate of drug-likeness (QED) is 0.631. The predicted octanol–water partition coefficient (Wildman–Crippen LogP) is 4.27. The van der Waals surface area contributed by atoms with Crippen LogP contribution in [-0.2, 0) is 17.2 Å². The Hall–Kier alpha value is -1.91. The summed E-state index contributed by atoms with van der Waals surface area (Å²) in [6.45, 7) is 5.32. The molecule has 126 valence electrons. The monoisotopic (exact) mass is 340 g/mol. The Balaban J connectivity index is 1.88. The maximum absolute atomic E-state index is 13.0. The second-order valence-electron chi connectivity index (χ2n) is 6.29. The average molecular weight is 340 g/mol. The van der Waals surface area contributed by atoms with Gasteiger partial charge in [0.25, 0.3) is 0 Å². The van der Waals surface area contributed by atoms with Crippen LogP contribution in [0.2, 0.25) is 0 Å². The van der Waals surface area contributed by atoms with E-state index in [4.69, 9.17) is 0 Å². The first-order valence-corrected chi connectivity index (χ1v) is 9.61. The van der Waals surface area contributed by atoms with Gasteiger partial charge in [-0.1, -0.05) is 44.2 Å². The molecule has 0 amide bonds. The summed E-state index contributed by atoms with van der Waals surface area (Å²) in [4.78, 5) is 5.00. The minimum absolute atomic E-state index is 0.509. The highest BCUT2D eigenvalue weighted by molar-refractivity contribution is 7.85. The third-order valence-corrected chi connectivity index (χ3v) is 5.51. The fourth-order valence-corrected chi connectivity index (χ4v) is 4.17. The Morgan fingerprint density at radius 2 is 1.88 bits per heavy atom. The minimum atomic E-state index is -1.16.